The minimum Gasteiger partial charge on any atom is -0.495 e. The molecule has 7 heteroatoms. The van der Waals surface area contributed by atoms with Gasteiger partial charge in [0.05, 0.1) is 12.8 Å². The molecule has 1 aromatic rings. The van der Waals surface area contributed by atoms with Crippen LogP contribution >= 0.6 is 0 Å². The molecule has 0 aromatic heterocycles. The summed E-state index contributed by atoms with van der Waals surface area (Å²) in [6.07, 6.45) is 1.35. The third-order valence-electron chi connectivity index (χ3n) is 4.23. The lowest BCUT2D eigenvalue weighted by molar-refractivity contribution is -0.115. The molecule has 1 fully saturated rings. The quantitative estimate of drug-likeness (QED) is 0.866. The van der Waals surface area contributed by atoms with E-state index in [1.165, 1.54) is 0 Å². The molecule has 1 aromatic carbocycles. The number of carbonyl (C=O) groups is 2. The highest BCUT2D eigenvalue weighted by Gasteiger charge is 2.27. The first-order chi connectivity index (χ1) is 11.4. The highest BCUT2D eigenvalue weighted by molar-refractivity contribution is 5.95. The molecule has 132 valence electrons. The average Bonchev–Trinajstić information content (AvgIpc) is 3.05. The minimum absolute atomic E-state index is 0.106. The van der Waals surface area contributed by atoms with Crippen molar-refractivity contribution in [3.63, 3.8) is 0 Å². The average molecular weight is 334 g/mol. The molecular formula is C17H26N4O3. The Hall–Kier alpha value is -2.28. The summed E-state index contributed by atoms with van der Waals surface area (Å²) < 4.78 is 5.25. The molecule has 0 aliphatic carbocycles. The molecule has 0 bridgehead atoms. The van der Waals surface area contributed by atoms with Gasteiger partial charge in [-0.15, -0.1) is 0 Å². The van der Waals surface area contributed by atoms with Crippen LogP contribution in [0.25, 0.3) is 0 Å². The number of rotatable bonds is 5. The number of urea groups is 1. The van der Waals surface area contributed by atoms with Crippen LogP contribution in [0, 0.1) is 0 Å². The predicted octanol–water partition coefficient (Wildman–Crippen LogP) is 2.21. The van der Waals surface area contributed by atoms with Crippen molar-refractivity contribution in [1.82, 2.24) is 9.80 Å². The summed E-state index contributed by atoms with van der Waals surface area (Å²) in [6, 6.07) is 5.47. The molecule has 1 aliphatic rings. The Morgan fingerprint density at radius 1 is 1.33 bits per heavy atom. The van der Waals surface area contributed by atoms with Crippen LogP contribution in [0.4, 0.5) is 16.2 Å². The van der Waals surface area contributed by atoms with E-state index in [0.29, 0.717) is 36.1 Å². The zero-order valence-corrected chi connectivity index (χ0v) is 14.8. The third kappa shape index (κ3) is 4.38. The molecule has 0 saturated carbocycles. The van der Waals surface area contributed by atoms with Gasteiger partial charge >= 0.3 is 6.03 Å². The first-order valence-corrected chi connectivity index (χ1v) is 8.14. The Kier molecular flexibility index (Phi) is 6.03. The van der Waals surface area contributed by atoms with Crippen LogP contribution < -0.4 is 15.4 Å². The maximum Gasteiger partial charge on any atom is 0.321 e. The number of amides is 3. The Morgan fingerprint density at radius 2 is 2.08 bits per heavy atom. The molecule has 0 spiro atoms. The Labute approximate surface area is 142 Å². The number of nitrogens with one attached hydrogen (secondary N) is 2. The van der Waals surface area contributed by atoms with Crippen molar-refractivity contribution in [2.45, 2.75) is 25.8 Å². The van der Waals surface area contributed by atoms with Crippen LogP contribution in [-0.2, 0) is 4.79 Å². The van der Waals surface area contributed by atoms with E-state index in [1.807, 2.05) is 14.1 Å². The van der Waals surface area contributed by atoms with Gasteiger partial charge in [0, 0.05) is 31.2 Å². The molecule has 0 unspecified atom stereocenters. The van der Waals surface area contributed by atoms with Crippen molar-refractivity contribution in [1.29, 1.82) is 0 Å². The van der Waals surface area contributed by atoms with Gasteiger partial charge in [-0.25, -0.2) is 4.79 Å². The van der Waals surface area contributed by atoms with E-state index < -0.39 is 0 Å². The summed E-state index contributed by atoms with van der Waals surface area (Å²) in [5, 5.41) is 5.67. The van der Waals surface area contributed by atoms with E-state index in [0.717, 1.165) is 13.0 Å². The number of methoxy groups -OCH3 is 1. The summed E-state index contributed by atoms with van der Waals surface area (Å²) in [5.74, 6) is 0.453. The molecule has 1 heterocycles. The summed E-state index contributed by atoms with van der Waals surface area (Å²) in [4.78, 5) is 28.0. The number of likely N-dealkylation sites (tertiary alicyclic amines) is 1. The van der Waals surface area contributed by atoms with Crippen LogP contribution in [0.1, 0.15) is 19.8 Å². The fourth-order valence-corrected chi connectivity index (χ4v) is 2.67. The zero-order chi connectivity index (χ0) is 17.7. The number of nitrogens with zero attached hydrogens (tertiary/aromatic N) is 2. The fraction of sp³-hybridized carbons (Fsp3) is 0.529. The van der Waals surface area contributed by atoms with Crippen LogP contribution in [0.15, 0.2) is 18.2 Å². The van der Waals surface area contributed by atoms with Gasteiger partial charge in [-0.3, -0.25) is 4.79 Å². The summed E-state index contributed by atoms with van der Waals surface area (Å²) >= 11 is 0. The molecule has 1 aliphatic heterocycles. The second-order valence-corrected chi connectivity index (χ2v) is 6.10. The number of ether oxygens (including phenoxy) is 1. The minimum atomic E-state index is -0.128. The topological polar surface area (TPSA) is 73.9 Å². The second-order valence-electron chi connectivity index (χ2n) is 6.10. The predicted molar refractivity (Wildman–Crippen MR) is 94.6 cm³/mol. The highest BCUT2D eigenvalue weighted by Crippen LogP contribution is 2.28. The second kappa shape index (κ2) is 8.01. The normalized spacial score (nSPS) is 17.0. The van der Waals surface area contributed by atoms with E-state index >= 15 is 0 Å². The SMILES string of the molecule is CCC(=O)Nc1cc(NC(=O)N2CC[C@H](N(C)C)C2)ccc1OC. The van der Waals surface area contributed by atoms with Crippen molar-refractivity contribution in [2.24, 2.45) is 0 Å². The zero-order valence-electron chi connectivity index (χ0n) is 14.8. The smallest absolute Gasteiger partial charge is 0.321 e. The number of hydrogen-bond donors (Lipinski definition) is 2. The molecule has 2 N–H and O–H groups in total. The monoisotopic (exact) mass is 334 g/mol. The van der Waals surface area contributed by atoms with E-state index in [4.69, 9.17) is 4.74 Å². The lowest BCUT2D eigenvalue weighted by Gasteiger charge is -2.21. The first kappa shape index (κ1) is 18.1. The van der Waals surface area contributed by atoms with E-state index in [1.54, 1.807) is 37.1 Å². The molecule has 1 saturated heterocycles. The van der Waals surface area contributed by atoms with E-state index in [9.17, 15) is 9.59 Å². The van der Waals surface area contributed by atoms with Gasteiger partial charge in [0.2, 0.25) is 5.91 Å². The highest BCUT2D eigenvalue weighted by atomic mass is 16.5. The lowest BCUT2D eigenvalue weighted by Crippen LogP contribution is -2.36. The number of hydrogen-bond acceptors (Lipinski definition) is 4. The number of anilines is 2. The summed E-state index contributed by atoms with van der Waals surface area (Å²) in [5.41, 5.74) is 1.18. The Bertz CT molecular complexity index is 603. The maximum absolute atomic E-state index is 12.4. The number of carbonyl (C=O) groups excluding carboxylic acids is 2. The third-order valence-corrected chi connectivity index (χ3v) is 4.23. The summed E-state index contributed by atoms with van der Waals surface area (Å²) in [6.45, 7) is 3.24. The van der Waals surface area contributed by atoms with Gasteiger partial charge in [-0.2, -0.15) is 0 Å². The molecule has 24 heavy (non-hydrogen) atoms. The van der Waals surface area contributed by atoms with Crippen molar-refractivity contribution in [2.75, 3.05) is 44.9 Å². The van der Waals surface area contributed by atoms with Crippen molar-refractivity contribution in [3.8, 4) is 5.75 Å². The van der Waals surface area contributed by atoms with Crippen molar-refractivity contribution < 1.29 is 14.3 Å². The molecule has 0 radical (unpaired) electrons. The summed E-state index contributed by atoms with van der Waals surface area (Å²) in [7, 11) is 5.59. The first-order valence-electron chi connectivity index (χ1n) is 8.14. The van der Waals surface area contributed by atoms with Crippen molar-refractivity contribution in [3.05, 3.63) is 18.2 Å². The standard InChI is InChI=1S/C17H26N4O3/c1-5-16(22)19-14-10-12(6-7-15(14)24-4)18-17(23)21-9-8-13(11-21)20(2)3/h6-7,10,13H,5,8-9,11H2,1-4H3,(H,18,23)(H,19,22)/t13-/m0/s1. The van der Waals surface area contributed by atoms with Gasteiger partial charge in [0.1, 0.15) is 5.75 Å². The number of likely N-dealkylation sites (N-methyl/N-ethyl adjacent to an activating group) is 1. The van der Waals surface area contributed by atoms with Crippen LogP contribution in [0.2, 0.25) is 0 Å². The van der Waals surface area contributed by atoms with E-state index in [-0.39, 0.29) is 11.9 Å². The molecule has 1 atom stereocenters. The molecule has 7 nitrogen and oxygen atoms in total. The largest absolute Gasteiger partial charge is 0.495 e. The fourth-order valence-electron chi connectivity index (χ4n) is 2.67. The van der Waals surface area contributed by atoms with Gasteiger partial charge in [0.25, 0.3) is 0 Å². The molecule has 2 rings (SSSR count). The van der Waals surface area contributed by atoms with Crippen LogP contribution in [0.5, 0.6) is 5.75 Å². The van der Waals surface area contributed by atoms with Crippen LogP contribution in [0.3, 0.4) is 0 Å². The van der Waals surface area contributed by atoms with Gasteiger partial charge in [-0.05, 0) is 38.7 Å². The molecular weight excluding hydrogens is 308 g/mol. The van der Waals surface area contributed by atoms with Crippen LogP contribution in [-0.4, -0.2) is 62.1 Å². The Morgan fingerprint density at radius 3 is 2.67 bits per heavy atom. The Balaban J connectivity index is 2.05. The van der Waals surface area contributed by atoms with Gasteiger partial charge in [-0.1, -0.05) is 6.92 Å². The maximum atomic E-state index is 12.4. The number of benzene rings is 1. The van der Waals surface area contributed by atoms with E-state index in [2.05, 4.69) is 15.5 Å². The van der Waals surface area contributed by atoms with Crippen molar-refractivity contribution >= 4 is 23.3 Å². The molecule has 3 amide bonds. The lowest BCUT2D eigenvalue weighted by atomic mass is 10.2. The van der Waals surface area contributed by atoms with Gasteiger partial charge < -0.3 is 25.2 Å². The van der Waals surface area contributed by atoms with Gasteiger partial charge in [0.15, 0.2) is 0 Å².